The first-order valence-electron chi connectivity index (χ1n) is 7.84. The lowest BCUT2D eigenvalue weighted by Gasteiger charge is -2.22. The summed E-state index contributed by atoms with van der Waals surface area (Å²) in [6.45, 7) is -0.430. The number of nitrogens with zero attached hydrogens (tertiary/aromatic N) is 1. The van der Waals surface area contributed by atoms with Gasteiger partial charge in [-0.2, -0.15) is 0 Å². The van der Waals surface area contributed by atoms with Crippen LogP contribution in [0.25, 0.3) is 0 Å². The monoisotopic (exact) mass is 357 g/mol. The van der Waals surface area contributed by atoms with E-state index in [1.54, 1.807) is 0 Å². The minimum atomic E-state index is -0.936. The van der Waals surface area contributed by atoms with E-state index in [9.17, 15) is 14.4 Å². The zero-order chi connectivity index (χ0) is 17.8. The summed E-state index contributed by atoms with van der Waals surface area (Å²) < 4.78 is 6.01. The van der Waals surface area contributed by atoms with Gasteiger partial charge in [0.15, 0.2) is 0 Å². The van der Waals surface area contributed by atoms with Gasteiger partial charge in [-0.15, -0.1) is 0 Å². The average molecular weight is 358 g/mol. The number of hydrogen-bond donors (Lipinski definition) is 0. The molecule has 128 valence electrons. The van der Waals surface area contributed by atoms with Crippen molar-refractivity contribution >= 4 is 28.7 Å². The third kappa shape index (κ3) is 3.95. The van der Waals surface area contributed by atoms with Gasteiger partial charge in [0.25, 0.3) is 5.91 Å². The van der Waals surface area contributed by atoms with Crippen LogP contribution in [-0.2, 0) is 19.1 Å². The van der Waals surface area contributed by atoms with Gasteiger partial charge in [0.05, 0.1) is 6.42 Å². The lowest BCUT2D eigenvalue weighted by Crippen LogP contribution is -2.36. The molecule has 0 N–H and O–H groups in total. The number of carbonyl (C=O) groups is 3. The summed E-state index contributed by atoms with van der Waals surface area (Å²) >= 11 is 5.31. The first-order chi connectivity index (χ1) is 12.1. The van der Waals surface area contributed by atoms with Gasteiger partial charge in [-0.05, 0) is 22.7 Å². The van der Waals surface area contributed by atoms with Crippen LogP contribution in [0, 0.1) is 0 Å². The Morgan fingerprint density at radius 1 is 1.04 bits per heavy atom. The van der Waals surface area contributed by atoms with Crippen LogP contribution in [0.15, 0.2) is 60.7 Å². The number of hydrogen-bond acceptors (Lipinski definition) is 4. The molecule has 0 spiro atoms. The molecule has 1 heterocycles. The fourth-order valence-corrected chi connectivity index (χ4v) is 2.94. The molecule has 2 amide bonds. The number of amides is 2. The molecule has 0 aromatic heterocycles. The van der Waals surface area contributed by atoms with Crippen LogP contribution in [-0.4, -0.2) is 34.6 Å². The van der Waals surface area contributed by atoms with Gasteiger partial charge in [-0.1, -0.05) is 60.7 Å². The number of halogens is 1. The molecule has 1 unspecified atom stereocenters. The predicted molar refractivity (Wildman–Crippen MR) is 91.8 cm³/mol. The van der Waals surface area contributed by atoms with Crippen LogP contribution in [0.1, 0.15) is 23.7 Å². The first kappa shape index (κ1) is 17.3. The van der Waals surface area contributed by atoms with Crippen molar-refractivity contribution in [1.82, 2.24) is 4.90 Å². The van der Waals surface area contributed by atoms with Gasteiger partial charge >= 0.3 is 0 Å². The van der Waals surface area contributed by atoms with Crippen molar-refractivity contribution in [1.29, 1.82) is 0 Å². The van der Waals surface area contributed by atoms with E-state index in [1.807, 2.05) is 60.7 Å². The largest absolute Gasteiger partial charge is 0.355 e. The maximum Gasteiger partial charge on any atom is 0.259 e. The van der Waals surface area contributed by atoms with Crippen LogP contribution in [0.4, 0.5) is 0 Å². The zero-order valence-corrected chi connectivity index (χ0v) is 14.1. The van der Waals surface area contributed by atoms with Gasteiger partial charge in [0.1, 0.15) is 18.8 Å². The SMILES string of the molecule is O=C(Cl)CN1C(=O)CC(OC(c2ccccc2)c2ccccc2)C1=O. The fraction of sp³-hybridized carbons (Fsp3) is 0.211. The van der Waals surface area contributed by atoms with Crippen molar-refractivity contribution in [3.63, 3.8) is 0 Å². The molecule has 1 atom stereocenters. The Bertz CT molecular complexity index is 739. The molecule has 5 nitrogen and oxygen atoms in total. The molecular formula is C19H16ClNO4. The Kier molecular flexibility index (Phi) is 5.26. The van der Waals surface area contributed by atoms with Crippen molar-refractivity contribution in [2.45, 2.75) is 18.6 Å². The summed E-state index contributed by atoms with van der Waals surface area (Å²) in [6, 6.07) is 18.9. The molecule has 3 rings (SSSR count). The third-order valence-corrected chi connectivity index (χ3v) is 4.11. The Morgan fingerprint density at radius 3 is 2.04 bits per heavy atom. The average Bonchev–Trinajstić information content (AvgIpc) is 2.88. The second-order valence-corrected chi connectivity index (χ2v) is 6.13. The summed E-state index contributed by atoms with van der Waals surface area (Å²) in [7, 11) is 0. The van der Waals surface area contributed by atoms with Gasteiger partial charge in [-0.3, -0.25) is 19.3 Å². The van der Waals surface area contributed by atoms with Gasteiger partial charge < -0.3 is 4.74 Å². The number of benzene rings is 2. The second-order valence-electron chi connectivity index (χ2n) is 5.70. The van der Waals surface area contributed by atoms with E-state index in [0.717, 1.165) is 16.0 Å². The third-order valence-electron chi connectivity index (χ3n) is 3.99. The minimum absolute atomic E-state index is 0.0980. The molecule has 1 aliphatic heterocycles. The molecule has 0 bridgehead atoms. The first-order valence-corrected chi connectivity index (χ1v) is 8.22. The smallest absolute Gasteiger partial charge is 0.259 e. The molecule has 1 aliphatic rings. The normalized spacial score (nSPS) is 17.4. The zero-order valence-electron chi connectivity index (χ0n) is 13.3. The molecule has 1 saturated heterocycles. The Hall–Kier alpha value is -2.50. The molecular weight excluding hydrogens is 342 g/mol. The Morgan fingerprint density at radius 2 is 1.56 bits per heavy atom. The molecule has 1 fully saturated rings. The van der Waals surface area contributed by atoms with Gasteiger partial charge in [-0.25, -0.2) is 0 Å². The molecule has 25 heavy (non-hydrogen) atoms. The highest BCUT2D eigenvalue weighted by molar-refractivity contribution is 6.64. The highest BCUT2D eigenvalue weighted by Gasteiger charge is 2.41. The maximum atomic E-state index is 12.4. The van der Waals surface area contributed by atoms with Gasteiger partial charge in [0.2, 0.25) is 11.1 Å². The van der Waals surface area contributed by atoms with Crippen molar-refractivity contribution in [3.8, 4) is 0 Å². The van der Waals surface area contributed by atoms with Gasteiger partial charge in [0, 0.05) is 0 Å². The van der Waals surface area contributed by atoms with E-state index in [-0.39, 0.29) is 6.42 Å². The fourth-order valence-electron chi connectivity index (χ4n) is 2.82. The Labute approximate surface area is 150 Å². The minimum Gasteiger partial charge on any atom is -0.355 e. The molecule has 0 saturated carbocycles. The van der Waals surface area contributed by atoms with E-state index in [0.29, 0.717) is 0 Å². The number of imide groups is 1. The summed E-state index contributed by atoms with van der Waals surface area (Å²) in [5.41, 5.74) is 1.75. The predicted octanol–water partition coefficient (Wildman–Crippen LogP) is 2.69. The molecule has 6 heteroatoms. The number of ether oxygens (including phenoxy) is 1. The number of likely N-dealkylation sites (tertiary alicyclic amines) is 1. The summed E-state index contributed by atoms with van der Waals surface area (Å²) in [4.78, 5) is 36.3. The Balaban J connectivity index is 1.85. The standard InChI is InChI=1S/C19H16ClNO4/c20-16(22)12-21-17(23)11-15(19(21)24)25-18(13-7-3-1-4-8-13)14-9-5-2-6-10-14/h1-10,15,18H,11-12H2. The van der Waals surface area contributed by atoms with E-state index in [2.05, 4.69) is 0 Å². The molecule has 2 aromatic carbocycles. The summed E-state index contributed by atoms with van der Waals surface area (Å²) in [6.07, 6.45) is -1.52. The highest BCUT2D eigenvalue weighted by Crippen LogP contribution is 2.30. The van der Waals surface area contributed by atoms with Crippen LogP contribution in [0.2, 0.25) is 0 Å². The van der Waals surface area contributed by atoms with Crippen LogP contribution in [0.5, 0.6) is 0 Å². The topological polar surface area (TPSA) is 63.7 Å². The van der Waals surface area contributed by atoms with Crippen LogP contribution >= 0.6 is 11.6 Å². The number of rotatable bonds is 6. The second kappa shape index (κ2) is 7.59. The highest BCUT2D eigenvalue weighted by atomic mass is 35.5. The van der Waals surface area contributed by atoms with E-state index >= 15 is 0 Å². The van der Waals surface area contributed by atoms with Crippen molar-refractivity contribution in [2.75, 3.05) is 6.54 Å². The van der Waals surface area contributed by atoms with E-state index in [4.69, 9.17) is 16.3 Å². The van der Waals surface area contributed by atoms with E-state index in [1.165, 1.54) is 0 Å². The van der Waals surface area contributed by atoms with Crippen molar-refractivity contribution in [3.05, 3.63) is 71.8 Å². The van der Waals surface area contributed by atoms with Crippen molar-refractivity contribution < 1.29 is 19.1 Å². The van der Waals surface area contributed by atoms with Crippen LogP contribution in [0.3, 0.4) is 0 Å². The molecule has 2 aromatic rings. The lowest BCUT2D eigenvalue weighted by atomic mass is 10.0. The summed E-state index contributed by atoms with van der Waals surface area (Å²) in [5, 5.41) is -0.759. The number of carbonyl (C=O) groups excluding carboxylic acids is 3. The molecule has 0 radical (unpaired) electrons. The summed E-state index contributed by atoms with van der Waals surface area (Å²) in [5.74, 6) is -0.986. The van der Waals surface area contributed by atoms with E-state index < -0.39 is 35.8 Å². The quantitative estimate of drug-likeness (QED) is 0.589. The van der Waals surface area contributed by atoms with Crippen molar-refractivity contribution in [2.24, 2.45) is 0 Å². The van der Waals surface area contributed by atoms with Crippen LogP contribution < -0.4 is 0 Å². The lowest BCUT2D eigenvalue weighted by molar-refractivity contribution is -0.144. The molecule has 0 aliphatic carbocycles. The maximum absolute atomic E-state index is 12.4.